The Balaban J connectivity index is 1.99. The summed E-state index contributed by atoms with van der Waals surface area (Å²) in [5.41, 5.74) is 15.5. The highest BCUT2D eigenvalue weighted by atomic mass is 14.9. The maximum Gasteiger partial charge on any atom is 0.0400 e. The molecule has 2 rings (SSSR count). The minimum atomic E-state index is 0.567. The predicted octanol–water partition coefficient (Wildman–Crippen LogP) is 2.34. The molecule has 0 radical (unpaired) electrons. The van der Waals surface area contributed by atoms with Crippen LogP contribution < -0.4 is 16.8 Å². The monoisotopic (exact) mass is 227 g/mol. The van der Waals surface area contributed by atoms with Crippen LogP contribution in [-0.4, -0.2) is 0 Å². The molecule has 0 spiro atoms. The molecule has 2 aromatic rings. The molecule has 3 heteroatoms. The number of nitrogens with two attached hydrogens (primary N) is 2. The largest absolute Gasteiger partial charge is 0.399 e. The minimum absolute atomic E-state index is 0.567. The fourth-order valence-corrected chi connectivity index (χ4v) is 1.65. The Kier molecular flexibility index (Phi) is 3.62. The van der Waals surface area contributed by atoms with Crippen LogP contribution in [-0.2, 0) is 13.1 Å². The van der Waals surface area contributed by atoms with Gasteiger partial charge < -0.3 is 16.8 Å². The van der Waals surface area contributed by atoms with E-state index in [4.69, 9.17) is 11.5 Å². The fourth-order valence-electron chi connectivity index (χ4n) is 1.65. The second kappa shape index (κ2) is 5.37. The van der Waals surface area contributed by atoms with Gasteiger partial charge in [-0.25, -0.2) is 0 Å². The molecule has 0 aliphatic rings. The highest BCUT2D eigenvalue weighted by Gasteiger charge is 1.95. The van der Waals surface area contributed by atoms with Crippen molar-refractivity contribution < 1.29 is 0 Å². The van der Waals surface area contributed by atoms with E-state index in [2.05, 4.69) is 11.4 Å². The van der Waals surface area contributed by atoms with Gasteiger partial charge in [-0.05, 0) is 35.4 Å². The summed E-state index contributed by atoms with van der Waals surface area (Å²) in [5.74, 6) is 0. The van der Waals surface area contributed by atoms with Gasteiger partial charge in [0.15, 0.2) is 0 Å². The van der Waals surface area contributed by atoms with Crippen molar-refractivity contribution >= 4 is 11.4 Å². The standard InChI is InChI=1S/C14H17N3/c15-9-12-2-1-3-14(8-12)17-10-11-4-6-13(16)7-5-11/h1-8,17H,9-10,15-16H2. The van der Waals surface area contributed by atoms with E-state index in [0.717, 1.165) is 23.5 Å². The van der Waals surface area contributed by atoms with E-state index in [1.54, 1.807) is 0 Å². The zero-order valence-corrected chi connectivity index (χ0v) is 9.69. The number of nitrogens with one attached hydrogen (secondary N) is 1. The lowest BCUT2D eigenvalue weighted by atomic mass is 10.2. The van der Waals surface area contributed by atoms with Crippen molar-refractivity contribution in [3.63, 3.8) is 0 Å². The van der Waals surface area contributed by atoms with Gasteiger partial charge in [0, 0.05) is 24.5 Å². The van der Waals surface area contributed by atoms with Gasteiger partial charge >= 0.3 is 0 Å². The van der Waals surface area contributed by atoms with Gasteiger partial charge in [-0.15, -0.1) is 0 Å². The number of rotatable bonds is 4. The Bertz CT molecular complexity index is 477. The van der Waals surface area contributed by atoms with Crippen molar-refractivity contribution in [2.24, 2.45) is 5.73 Å². The van der Waals surface area contributed by atoms with Crippen LogP contribution >= 0.6 is 0 Å². The van der Waals surface area contributed by atoms with Crippen LogP contribution in [0.25, 0.3) is 0 Å². The van der Waals surface area contributed by atoms with Crippen molar-refractivity contribution in [1.29, 1.82) is 0 Å². The quantitative estimate of drug-likeness (QED) is 0.702. The number of nitrogen functional groups attached to an aromatic ring is 1. The molecule has 5 N–H and O–H groups in total. The molecule has 0 aromatic heterocycles. The number of anilines is 2. The van der Waals surface area contributed by atoms with Crippen molar-refractivity contribution in [2.45, 2.75) is 13.1 Å². The molecule has 0 amide bonds. The number of benzene rings is 2. The van der Waals surface area contributed by atoms with Crippen LogP contribution in [0.5, 0.6) is 0 Å². The van der Waals surface area contributed by atoms with Crippen LogP contribution in [0.15, 0.2) is 48.5 Å². The normalized spacial score (nSPS) is 10.2. The minimum Gasteiger partial charge on any atom is -0.399 e. The smallest absolute Gasteiger partial charge is 0.0400 e. The molecular weight excluding hydrogens is 210 g/mol. The SMILES string of the molecule is NCc1cccc(NCc2ccc(N)cc2)c1. The summed E-state index contributed by atoms with van der Waals surface area (Å²) in [6.07, 6.45) is 0. The second-order valence-electron chi connectivity index (χ2n) is 4.00. The van der Waals surface area contributed by atoms with Crippen LogP contribution in [0.3, 0.4) is 0 Å². The molecule has 0 bridgehead atoms. The average molecular weight is 227 g/mol. The van der Waals surface area contributed by atoms with Crippen molar-refractivity contribution in [2.75, 3.05) is 11.1 Å². The van der Waals surface area contributed by atoms with Crippen LogP contribution in [0.1, 0.15) is 11.1 Å². The van der Waals surface area contributed by atoms with E-state index in [9.17, 15) is 0 Å². The molecule has 88 valence electrons. The van der Waals surface area contributed by atoms with Gasteiger partial charge in [-0.3, -0.25) is 0 Å². The third-order valence-electron chi connectivity index (χ3n) is 2.64. The summed E-state index contributed by atoms with van der Waals surface area (Å²) >= 11 is 0. The first-order valence-electron chi connectivity index (χ1n) is 5.65. The first kappa shape index (κ1) is 11.5. The molecule has 0 saturated carbocycles. The summed E-state index contributed by atoms with van der Waals surface area (Å²) < 4.78 is 0. The summed E-state index contributed by atoms with van der Waals surface area (Å²) in [5, 5.41) is 3.36. The van der Waals surface area contributed by atoms with Crippen LogP contribution in [0.4, 0.5) is 11.4 Å². The Morgan fingerprint density at radius 3 is 2.41 bits per heavy atom. The Hall–Kier alpha value is -2.00. The first-order valence-corrected chi connectivity index (χ1v) is 5.65. The summed E-state index contributed by atoms with van der Waals surface area (Å²) in [6, 6.07) is 16.0. The van der Waals surface area contributed by atoms with Crippen molar-refractivity contribution in [3.8, 4) is 0 Å². The Morgan fingerprint density at radius 2 is 1.71 bits per heavy atom. The maximum atomic E-state index is 5.64. The lowest BCUT2D eigenvalue weighted by Gasteiger charge is -2.08. The molecule has 0 saturated heterocycles. The maximum absolute atomic E-state index is 5.64. The zero-order valence-electron chi connectivity index (χ0n) is 9.69. The summed E-state index contributed by atoms with van der Waals surface area (Å²) in [4.78, 5) is 0. The topological polar surface area (TPSA) is 64.1 Å². The van der Waals surface area contributed by atoms with Gasteiger partial charge in [0.1, 0.15) is 0 Å². The van der Waals surface area contributed by atoms with E-state index in [1.807, 2.05) is 42.5 Å². The molecule has 0 aliphatic carbocycles. The fraction of sp³-hybridized carbons (Fsp3) is 0.143. The number of hydrogen-bond donors (Lipinski definition) is 3. The molecule has 3 nitrogen and oxygen atoms in total. The predicted molar refractivity (Wildman–Crippen MR) is 72.5 cm³/mol. The van der Waals surface area contributed by atoms with Crippen molar-refractivity contribution in [1.82, 2.24) is 0 Å². The van der Waals surface area contributed by atoms with Gasteiger partial charge in [-0.2, -0.15) is 0 Å². The van der Waals surface area contributed by atoms with E-state index >= 15 is 0 Å². The lowest BCUT2D eigenvalue weighted by molar-refractivity contribution is 1.07. The molecule has 0 aliphatic heterocycles. The van der Waals surface area contributed by atoms with Gasteiger partial charge in [-0.1, -0.05) is 24.3 Å². The lowest BCUT2D eigenvalue weighted by Crippen LogP contribution is -2.01. The van der Waals surface area contributed by atoms with Gasteiger partial charge in [0.05, 0.1) is 0 Å². The molecule has 0 unspecified atom stereocenters. The molecule has 2 aromatic carbocycles. The molecule has 17 heavy (non-hydrogen) atoms. The highest BCUT2D eigenvalue weighted by Crippen LogP contribution is 2.12. The highest BCUT2D eigenvalue weighted by molar-refractivity contribution is 5.47. The third kappa shape index (κ3) is 3.23. The van der Waals surface area contributed by atoms with E-state index in [1.165, 1.54) is 5.56 Å². The second-order valence-corrected chi connectivity index (χ2v) is 4.00. The van der Waals surface area contributed by atoms with Crippen LogP contribution in [0, 0.1) is 0 Å². The Labute approximate surface area is 101 Å². The molecule has 0 fully saturated rings. The number of hydrogen-bond acceptors (Lipinski definition) is 3. The van der Waals surface area contributed by atoms with Gasteiger partial charge in [0.25, 0.3) is 0 Å². The van der Waals surface area contributed by atoms with Crippen molar-refractivity contribution in [3.05, 3.63) is 59.7 Å². The third-order valence-corrected chi connectivity index (χ3v) is 2.64. The van der Waals surface area contributed by atoms with E-state index < -0.39 is 0 Å². The molecule has 0 heterocycles. The molecule has 0 atom stereocenters. The summed E-state index contributed by atoms with van der Waals surface area (Å²) in [6.45, 7) is 1.35. The van der Waals surface area contributed by atoms with E-state index in [0.29, 0.717) is 6.54 Å². The van der Waals surface area contributed by atoms with E-state index in [-0.39, 0.29) is 0 Å². The Morgan fingerprint density at radius 1 is 0.941 bits per heavy atom. The first-order chi connectivity index (χ1) is 8.28. The summed E-state index contributed by atoms with van der Waals surface area (Å²) in [7, 11) is 0. The van der Waals surface area contributed by atoms with Gasteiger partial charge in [0.2, 0.25) is 0 Å². The average Bonchev–Trinajstić information content (AvgIpc) is 2.38. The zero-order chi connectivity index (χ0) is 12.1. The van der Waals surface area contributed by atoms with Crippen LogP contribution in [0.2, 0.25) is 0 Å². The molecular formula is C14H17N3.